The topological polar surface area (TPSA) is 179 Å². The van der Waals surface area contributed by atoms with Crippen molar-refractivity contribution in [3.63, 3.8) is 0 Å². The van der Waals surface area contributed by atoms with Crippen LogP contribution in [0.3, 0.4) is 0 Å². The van der Waals surface area contributed by atoms with Crippen LogP contribution in [0.1, 0.15) is 103 Å². The number of nitrogens with zero attached hydrogens (tertiary/aromatic N) is 13. The number of benzene rings is 2. The Bertz CT molecular complexity index is 3600. The molecule has 8 aromatic rings. The fraction of sp³-hybridized carbons (Fsp3) is 0.446. The number of fused-ring (bicyclic) bond motifs is 2. The van der Waals surface area contributed by atoms with E-state index in [0.717, 1.165) is 178 Å². The van der Waals surface area contributed by atoms with E-state index in [9.17, 15) is 18.4 Å². The summed E-state index contributed by atoms with van der Waals surface area (Å²) in [6.45, 7) is 21.5. The Morgan fingerprint density at radius 2 is 1.10 bits per heavy atom. The minimum absolute atomic E-state index is 0. The van der Waals surface area contributed by atoms with Crippen LogP contribution < -0.4 is 30.2 Å². The molecular weight excluding hydrogens is 1210 g/mol. The SMILES string of the molecule is CC(C)(C)OC(=O)CCCBr.CC(C)(C)OC(=O)NCCN1CCN(c2cccc(-c3cnc4ccc(N5CCC[C@@H]5c5cccc(F)c5)nn34)n2)CC1.Cl.Fc1cccc([C@H]2CCCN2c2ccc3ncc(-c4cccc(N5CCNCC5)n4)n3n2)c1. The largest absolute Gasteiger partial charge is 0.460 e. The molecule has 2 aromatic carbocycles. The van der Waals surface area contributed by atoms with Crippen molar-refractivity contribution in [2.45, 2.75) is 103 Å². The zero-order valence-electron chi connectivity index (χ0n) is 51.1. The second kappa shape index (κ2) is 29.6. The maximum absolute atomic E-state index is 14.0. The average molecular weight is 1290 g/mol. The number of piperazine rings is 2. The molecule has 2 atom stereocenters. The fourth-order valence-electron chi connectivity index (χ4n) is 11.4. The van der Waals surface area contributed by atoms with E-state index in [1.54, 1.807) is 24.3 Å². The monoisotopic (exact) mass is 1290 g/mol. The van der Waals surface area contributed by atoms with Crippen molar-refractivity contribution in [3.8, 4) is 22.8 Å². The van der Waals surface area contributed by atoms with E-state index in [1.165, 1.54) is 12.1 Å². The predicted octanol–water partition coefficient (Wildman–Crippen LogP) is 11.5. The number of nitrogens with one attached hydrogen (secondary N) is 2. The number of pyridine rings is 2. The van der Waals surface area contributed by atoms with Gasteiger partial charge in [0.15, 0.2) is 11.3 Å². The predicted molar refractivity (Wildman–Crippen MR) is 348 cm³/mol. The quantitative estimate of drug-likeness (QED) is 0.0775. The van der Waals surface area contributed by atoms with E-state index in [1.807, 2.05) is 130 Å². The number of hydrogen-bond donors (Lipinski definition) is 2. The van der Waals surface area contributed by atoms with Gasteiger partial charge in [0.25, 0.3) is 0 Å². The van der Waals surface area contributed by atoms with Crippen LogP contribution in [0.25, 0.3) is 34.1 Å². The highest BCUT2D eigenvalue weighted by atomic mass is 79.9. The maximum atomic E-state index is 14.0. The summed E-state index contributed by atoms with van der Waals surface area (Å²) < 4.78 is 42.0. The summed E-state index contributed by atoms with van der Waals surface area (Å²) in [5, 5.41) is 17.0. The first kappa shape index (κ1) is 64.9. The third-order valence-corrected chi connectivity index (χ3v) is 16.0. The molecule has 0 aliphatic carbocycles. The van der Waals surface area contributed by atoms with Crippen LogP contribution in [0.2, 0.25) is 0 Å². The number of ether oxygens (including phenoxy) is 2. The first-order valence-electron chi connectivity index (χ1n) is 30.3. The normalized spacial score (nSPS) is 17.2. The first-order valence-corrected chi connectivity index (χ1v) is 31.4. The van der Waals surface area contributed by atoms with E-state index in [0.29, 0.717) is 13.0 Å². The Morgan fingerprint density at radius 3 is 1.58 bits per heavy atom. The molecule has 6 aromatic heterocycles. The van der Waals surface area contributed by atoms with Gasteiger partial charge in [0, 0.05) is 90.3 Å². The number of imidazole rings is 2. The molecule has 0 unspecified atom stereocenters. The number of esters is 1. The van der Waals surface area contributed by atoms with Gasteiger partial charge in [0.2, 0.25) is 0 Å². The molecular formula is C65H81BrClF2N15O4. The standard InChI is InChI=1S/C32H39FN8O2.C25H26FN7.C8H15BrO2.ClH/c1-32(2,3)43-31(42)34-14-16-38-17-19-39(20-18-38)29-11-5-9-25(36-29)27-22-35-28-12-13-30(37-41(27)28)40-15-6-10-26(40)23-7-4-8-24(33)21-23;26-19-5-1-4-18(16-19)21-7-3-13-32(21)25-10-9-23-28-17-22(33(23)30-25)20-6-2-8-24(29-20)31-14-11-27-12-15-31;1-8(2,3)11-7(10)5-4-6-9;/h4-5,7-9,11-13,21-22,26H,6,10,14-20H2,1-3H3,(H,34,42);1-2,4-6,8-10,16-17,21,27H,3,7,11-15H2;4-6H2,1-3H3;1H/t26-;21-;;/m11../s1. The molecule has 468 valence electrons. The van der Waals surface area contributed by atoms with Crippen LogP contribution in [-0.4, -0.2) is 151 Å². The zero-order chi connectivity index (χ0) is 61.1. The van der Waals surface area contributed by atoms with Crippen molar-refractivity contribution in [1.29, 1.82) is 0 Å². The van der Waals surface area contributed by atoms with E-state index < -0.39 is 5.60 Å². The molecule has 0 radical (unpaired) electrons. The Labute approximate surface area is 528 Å². The number of alkyl carbamates (subject to hydrolysis) is 1. The van der Waals surface area contributed by atoms with Crippen LogP contribution in [0, 0.1) is 11.6 Å². The lowest BCUT2D eigenvalue weighted by atomic mass is 10.0. The Morgan fingerprint density at radius 1 is 0.614 bits per heavy atom. The highest BCUT2D eigenvalue weighted by Crippen LogP contribution is 2.38. The fourth-order valence-corrected chi connectivity index (χ4v) is 11.7. The maximum Gasteiger partial charge on any atom is 0.407 e. The number of alkyl halides is 1. The van der Waals surface area contributed by atoms with Gasteiger partial charge in [0.1, 0.15) is 57.5 Å². The molecule has 0 saturated carbocycles. The number of halogens is 4. The molecule has 23 heteroatoms. The molecule has 4 aliphatic rings. The molecule has 19 nitrogen and oxygen atoms in total. The van der Waals surface area contributed by atoms with E-state index >= 15 is 0 Å². The van der Waals surface area contributed by atoms with Crippen LogP contribution in [0.5, 0.6) is 0 Å². The third kappa shape index (κ3) is 17.0. The molecule has 0 spiro atoms. The van der Waals surface area contributed by atoms with Crippen LogP contribution in [-0.2, 0) is 14.3 Å². The number of carbonyl (C=O) groups is 2. The number of rotatable bonds is 14. The zero-order valence-corrected chi connectivity index (χ0v) is 53.5. The molecule has 10 heterocycles. The summed E-state index contributed by atoms with van der Waals surface area (Å²) in [7, 11) is 0. The minimum atomic E-state index is -0.500. The first-order chi connectivity index (χ1) is 41.9. The Balaban J connectivity index is 0.000000181. The molecule has 2 N–H and O–H groups in total. The van der Waals surface area contributed by atoms with Crippen molar-refractivity contribution in [1.82, 2.24) is 54.7 Å². The molecule has 4 fully saturated rings. The van der Waals surface area contributed by atoms with Gasteiger partial charge >= 0.3 is 12.1 Å². The van der Waals surface area contributed by atoms with E-state index in [-0.39, 0.29) is 53.8 Å². The summed E-state index contributed by atoms with van der Waals surface area (Å²) >= 11 is 3.25. The van der Waals surface area contributed by atoms with Crippen LogP contribution in [0.4, 0.5) is 36.8 Å². The molecule has 88 heavy (non-hydrogen) atoms. The van der Waals surface area contributed by atoms with Gasteiger partial charge in [-0.1, -0.05) is 52.3 Å². The number of carbonyl (C=O) groups excluding carboxylic acids is 2. The smallest absolute Gasteiger partial charge is 0.407 e. The third-order valence-electron chi connectivity index (χ3n) is 15.4. The number of amides is 1. The lowest BCUT2D eigenvalue weighted by molar-refractivity contribution is -0.154. The lowest BCUT2D eigenvalue weighted by Gasteiger charge is -2.35. The number of hydrogen-bond acceptors (Lipinski definition) is 16. The van der Waals surface area contributed by atoms with Gasteiger partial charge in [-0.25, -0.2) is 42.5 Å². The van der Waals surface area contributed by atoms with Gasteiger partial charge in [-0.2, -0.15) is 0 Å². The van der Waals surface area contributed by atoms with Crippen molar-refractivity contribution in [2.75, 3.05) is 103 Å². The van der Waals surface area contributed by atoms with Crippen LogP contribution in [0.15, 0.2) is 122 Å². The van der Waals surface area contributed by atoms with Crippen molar-refractivity contribution in [2.24, 2.45) is 0 Å². The van der Waals surface area contributed by atoms with Gasteiger partial charge in [0.05, 0.1) is 35.9 Å². The van der Waals surface area contributed by atoms with Gasteiger partial charge in [-0.15, -0.1) is 22.6 Å². The molecule has 1 amide bonds. The van der Waals surface area contributed by atoms with Crippen LogP contribution >= 0.6 is 28.3 Å². The second-order valence-electron chi connectivity index (χ2n) is 24.2. The van der Waals surface area contributed by atoms with Crippen molar-refractivity contribution < 1.29 is 27.8 Å². The van der Waals surface area contributed by atoms with Gasteiger partial charge in [-0.05, 0) is 158 Å². The van der Waals surface area contributed by atoms with E-state index in [4.69, 9.17) is 29.6 Å². The molecule has 4 saturated heterocycles. The summed E-state index contributed by atoms with van der Waals surface area (Å²) in [6, 6.07) is 34.1. The summed E-state index contributed by atoms with van der Waals surface area (Å²) in [4.78, 5) is 53.4. The highest BCUT2D eigenvalue weighted by Gasteiger charge is 2.30. The van der Waals surface area contributed by atoms with E-state index in [2.05, 4.69) is 67.1 Å². The molecule has 12 rings (SSSR count). The molecule has 0 bridgehead atoms. The Kier molecular flexibility index (Phi) is 21.9. The van der Waals surface area contributed by atoms with Crippen molar-refractivity contribution >= 4 is 75.0 Å². The lowest BCUT2D eigenvalue weighted by Crippen LogP contribution is -2.49. The second-order valence-corrected chi connectivity index (χ2v) is 25.0. The summed E-state index contributed by atoms with van der Waals surface area (Å²) in [6.07, 6.45) is 8.63. The minimum Gasteiger partial charge on any atom is -0.460 e. The molecule has 4 aliphatic heterocycles. The number of anilines is 4. The Hall–Kier alpha value is -7.53. The summed E-state index contributed by atoms with van der Waals surface area (Å²) in [5.41, 5.74) is 6.00. The number of aromatic nitrogens is 8. The van der Waals surface area contributed by atoms with Gasteiger partial charge in [-0.3, -0.25) is 9.69 Å². The summed E-state index contributed by atoms with van der Waals surface area (Å²) in [5.74, 6) is 3.07. The van der Waals surface area contributed by atoms with Crippen molar-refractivity contribution in [3.05, 3.63) is 144 Å². The van der Waals surface area contributed by atoms with Gasteiger partial charge < -0.3 is 39.7 Å². The average Bonchev–Trinajstić information content (AvgIpc) is 1.93. The highest BCUT2D eigenvalue weighted by molar-refractivity contribution is 9.09.